The summed E-state index contributed by atoms with van der Waals surface area (Å²) >= 11 is 6.32. The highest BCUT2D eigenvalue weighted by atomic mass is 35.5. The van der Waals surface area contributed by atoms with Gasteiger partial charge in [-0.1, -0.05) is 124 Å². The molecule has 4 aromatic carbocycles. The molecule has 0 aromatic heterocycles. The molecule has 1 N–H and O–H groups in total. The van der Waals surface area contributed by atoms with Crippen LogP contribution in [0.15, 0.2) is 115 Å². The third-order valence-electron chi connectivity index (χ3n) is 7.37. The Morgan fingerprint density at radius 1 is 0.864 bits per heavy atom. The zero-order chi connectivity index (χ0) is 32.1. The number of rotatable bonds is 13. The molecule has 234 valence electrons. The van der Waals surface area contributed by atoms with Gasteiger partial charge >= 0.3 is 6.18 Å². The van der Waals surface area contributed by atoms with Crippen molar-refractivity contribution >= 4 is 11.6 Å². The second-order valence-corrected chi connectivity index (χ2v) is 10.8. The molecule has 1 atom stereocenters. The van der Waals surface area contributed by atoms with Crippen molar-refractivity contribution in [2.75, 3.05) is 19.7 Å². The molecule has 4 aromatic rings. The van der Waals surface area contributed by atoms with E-state index in [4.69, 9.17) is 16.3 Å². The number of allylic oxidation sites excluding steroid dienone is 1. The van der Waals surface area contributed by atoms with Crippen LogP contribution < -0.4 is 4.74 Å². The summed E-state index contributed by atoms with van der Waals surface area (Å²) in [6.45, 7) is 11.3. The Bertz CT molecular complexity index is 1400. The minimum Gasteiger partial charge on any atom is -0.512 e. The highest BCUT2D eigenvalue weighted by Crippen LogP contribution is 2.37. The van der Waals surface area contributed by atoms with Crippen LogP contribution in [0.2, 0.25) is 5.02 Å². The van der Waals surface area contributed by atoms with Crippen LogP contribution in [0.4, 0.5) is 13.2 Å². The molecule has 3 nitrogen and oxygen atoms in total. The number of aliphatic hydroxyl groups excluding tert-OH is 1. The second-order valence-electron chi connectivity index (χ2n) is 10.4. The van der Waals surface area contributed by atoms with E-state index in [0.717, 1.165) is 22.8 Å². The van der Waals surface area contributed by atoms with Crippen molar-refractivity contribution in [1.82, 2.24) is 4.90 Å². The molecule has 7 heteroatoms. The van der Waals surface area contributed by atoms with Crippen LogP contribution >= 0.6 is 11.6 Å². The number of ether oxygens (including phenoxy) is 1. The van der Waals surface area contributed by atoms with Gasteiger partial charge in [0, 0.05) is 31.5 Å². The van der Waals surface area contributed by atoms with Crippen LogP contribution in [0.25, 0.3) is 0 Å². The van der Waals surface area contributed by atoms with E-state index in [2.05, 4.69) is 35.7 Å². The summed E-state index contributed by atoms with van der Waals surface area (Å²) in [5.41, 5.74) is 2.74. The maximum absolute atomic E-state index is 13.6. The molecule has 0 heterocycles. The summed E-state index contributed by atoms with van der Waals surface area (Å²) in [5.74, 6) is 0.554. The number of nitrogens with zero attached hydrogens (tertiary/aromatic N) is 1. The van der Waals surface area contributed by atoms with E-state index in [0.29, 0.717) is 37.4 Å². The molecule has 0 fully saturated rings. The fourth-order valence-electron chi connectivity index (χ4n) is 4.97. The summed E-state index contributed by atoms with van der Waals surface area (Å²) in [5, 5.41) is 9.50. The number of alkyl halides is 3. The number of halogens is 4. The fraction of sp³-hybridized carbons (Fsp3) is 0.297. The Labute approximate surface area is 264 Å². The number of aliphatic hydroxyl groups is 1. The average Bonchev–Trinajstić information content (AvgIpc) is 3.03. The first-order chi connectivity index (χ1) is 21.1. The molecular weight excluding hydrogens is 583 g/mol. The topological polar surface area (TPSA) is 32.7 Å². The average molecular weight is 624 g/mol. The molecule has 4 rings (SSSR count). The minimum atomic E-state index is -4.53. The smallest absolute Gasteiger partial charge is 0.417 e. The van der Waals surface area contributed by atoms with Crippen LogP contribution in [0.3, 0.4) is 0 Å². The van der Waals surface area contributed by atoms with Gasteiger partial charge in [0.1, 0.15) is 5.75 Å². The summed E-state index contributed by atoms with van der Waals surface area (Å²) in [7, 11) is 0. The van der Waals surface area contributed by atoms with Crippen LogP contribution in [-0.4, -0.2) is 29.7 Å². The van der Waals surface area contributed by atoms with E-state index in [-0.39, 0.29) is 29.2 Å². The lowest BCUT2D eigenvalue weighted by atomic mass is 9.90. The normalized spacial score (nSPS) is 12.0. The van der Waals surface area contributed by atoms with Crippen molar-refractivity contribution in [3.05, 3.63) is 148 Å². The third-order valence-corrected chi connectivity index (χ3v) is 7.81. The monoisotopic (exact) mass is 623 g/mol. The van der Waals surface area contributed by atoms with Gasteiger partial charge < -0.3 is 9.84 Å². The number of benzene rings is 4. The van der Waals surface area contributed by atoms with Gasteiger partial charge in [0.25, 0.3) is 0 Å². The molecule has 0 aliphatic carbocycles. The van der Waals surface area contributed by atoms with E-state index < -0.39 is 11.7 Å². The number of hydrogen-bond acceptors (Lipinski definition) is 3. The van der Waals surface area contributed by atoms with Gasteiger partial charge in [0.2, 0.25) is 0 Å². The Balaban J connectivity index is 0.00000259. The predicted molar refractivity (Wildman–Crippen MR) is 175 cm³/mol. The van der Waals surface area contributed by atoms with Crippen LogP contribution in [0, 0.1) is 0 Å². The van der Waals surface area contributed by atoms with Crippen LogP contribution in [-0.2, 0) is 12.7 Å². The quantitative estimate of drug-likeness (QED) is 0.119. The molecule has 0 amide bonds. The van der Waals surface area contributed by atoms with Gasteiger partial charge in [-0.3, -0.25) is 4.90 Å². The molecule has 0 aliphatic rings. The van der Waals surface area contributed by atoms with E-state index >= 15 is 0 Å². The molecular formula is C37H41ClF3NO2. The van der Waals surface area contributed by atoms with Gasteiger partial charge in [0.05, 0.1) is 23.0 Å². The summed E-state index contributed by atoms with van der Waals surface area (Å²) < 4.78 is 46.9. The summed E-state index contributed by atoms with van der Waals surface area (Å²) in [6.07, 6.45) is -3.89. The first-order valence-electron chi connectivity index (χ1n) is 14.9. The van der Waals surface area contributed by atoms with Crippen LogP contribution in [0.1, 0.15) is 66.8 Å². The Morgan fingerprint density at radius 3 is 2.00 bits per heavy atom. The molecule has 0 saturated carbocycles. The van der Waals surface area contributed by atoms with Gasteiger partial charge in [0.15, 0.2) is 0 Å². The van der Waals surface area contributed by atoms with Gasteiger partial charge in [-0.15, -0.1) is 0 Å². The molecule has 1 unspecified atom stereocenters. The third kappa shape index (κ3) is 9.90. The molecule has 0 saturated heterocycles. The lowest BCUT2D eigenvalue weighted by Crippen LogP contribution is -2.31. The van der Waals surface area contributed by atoms with Crippen molar-refractivity contribution in [3.8, 4) is 5.75 Å². The molecule has 0 aliphatic heterocycles. The molecule has 44 heavy (non-hydrogen) atoms. The maximum atomic E-state index is 13.6. The van der Waals surface area contributed by atoms with Crippen molar-refractivity contribution < 1.29 is 23.0 Å². The van der Waals surface area contributed by atoms with E-state index in [1.54, 1.807) is 6.07 Å². The van der Waals surface area contributed by atoms with E-state index in [1.807, 2.05) is 81.4 Å². The largest absolute Gasteiger partial charge is 0.512 e. The SMILES string of the molecule is C=C(O)C(C)c1cccc(OCCCN(Cc2cccc(C(F)(F)F)c2Cl)CC(c2ccccc2)c2ccccc2)c1.CC. The molecule has 0 spiro atoms. The summed E-state index contributed by atoms with van der Waals surface area (Å²) in [4.78, 5) is 2.14. The minimum absolute atomic E-state index is 0.00245. The van der Waals surface area contributed by atoms with E-state index in [1.165, 1.54) is 6.07 Å². The van der Waals surface area contributed by atoms with Crippen molar-refractivity contribution in [3.63, 3.8) is 0 Å². The van der Waals surface area contributed by atoms with Crippen molar-refractivity contribution in [1.29, 1.82) is 0 Å². The summed E-state index contributed by atoms with van der Waals surface area (Å²) in [6, 6.07) is 31.8. The van der Waals surface area contributed by atoms with Crippen LogP contribution in [0.5, 0.6) is 5.75 Å². The zero-order valence-corrected chi connectivity index (χ0v) is 26.3. The Kier molecular flexibility index (Phi) is 13.4. The van der Waals surface area contributed by atoms with Gasteiger partial charge in [-0.05, 0) is 46.9 Å². The van der Waals surface area contributed by atoms with E-state index in [9.17, 15) is 18.3 Å². The lowest BCUT2D eigenvalue weighted by molar-refractivity contribution is -0.137. The Hall–Kier alpha value is -3.74. The van der Waals surface area contributed by atoms with Crippen molar-refractivity contribution in [2.24, 2.45) is 0 Å². The van der Waals surface area contributed by atoms with Gasteiger partial charge in [-0.2, -0.15) is 13.2 Å². The lowest BCUT2D eigenvalue weighted by Gasteiger charge is -2.29. The number of hydrogen-bond donors (Lipinski definition) is 1. The van der Waals surface area contributed by atoms with Crippen molar-refractivity contribution in [2.45, 2.75) is 51.7 Å². The highest BCUT2D eigenvalue weighted by molar-refractivity contribution is 6.32. The molecule has 0 radical (unpaired) electrons. The Morgan fingerprint density at radius 2 is 1.43 bits per heavy atom. The first-order valence-corrected chi connectivity index (χ1v) is 15.3. The maximum Gasteiger partial charge on any atom is 0.417 e. The second kappa shape index (κ2) is 16.9. The first kappa shape index (κ1) is 34.7. The predicted octanol–water partition coefficient (Wildman–Crippen LogP) is 10.7. The fourth-order valence-corrected chi connectivity index (χ4v) is 5.27. The molecule has 0 bridgehead atoms. The highest BCUT2D eigenvalue weighted by Gasteiger charge is 2.34. The standard InChI is InChI=1S/C35H35ClF3NO2.C2H6/c1-25(26(2)41)29-16-9-18-31(22-29)42-21-11-20-40(23-30-17-10-19-33(34(30)36)35(37,38)39)24-32(27-12-5-3-6-13-27)28-14-7-4-8-15-28;1-2/h3-10,12-19,22,25,32,41H,2,11,20-21,23-24H2,1H3;1-2H3. The zero-order valence-electron chi connectivity index (χ0n) is 25.5. The van der Waals surface area contributed by atoms with Gasteiger partial charge in [-0.25, -0.2) is 0 Å².